The number of nitrogens with one attached hydrogen (secondary N) is 1. The quantitative estimate of drug-likeness (QED) is 0.777. The third-order valence-electron chi connectivity index (χ3n) is 3.08. The number of hydrogen-bond donors (Lipinski definition) is 1. The zero-order valence-electron chi connectivity index (χ0n) is 12.8. The summed E-state index contributed by atoms with van der Waals surface area (Å²) in [5.74, 6) is -0.315. The zero-order valence-corrected chi connectivity index (χ0v) is 14.4. The predicted molar refractivity (Wildman–Crippen MR) is 93.0 cm³/mol. The standard InChI is InChI=1S/C17H15Cl2NO4/c1-23-17(22)12-10-11(6-7-13(12)18)20-16(21)8-9-24-15-5-3-2-4-14(15)19/h2-7,10H,8-9H2,1H3,(H,20,21). The first-order valence-electron chi connectivity index (χ1n) is 7.06. The summed E-state index contributed by atoms with van der Waals surface area (Å²) in [6, 6.07) is 11.6. The lowest BCUT2D eigenvalue weighted by Gasteiger charge is -2.09. The van der Waals surface area contributed by atoms with Crippen molar-refractivity contribution in [3.8, 4) is 5.75 Å². The molecular weight excluding hydrogens is 353 g/mol. The third kappa shape index (κ3) is 4.88. The molecule has 0 heterocycles. The van der Waals surface area contributed by atoms with Gasteiger partial charge in [0.1, 0.15) is 5.75 Å². The number of esters is 1. The van der Waals surface area contributed by atoms with Crippen LogP contribution >= 0.6 is 23.2 Å². The topological polar surface area (TPSA) is 64.6 Å². The van der Waals surface area contributed by atoms with Gasteiger partial charge in [0.25, 0.3) is 0 Å². The van der Waals surface area contributed by atoms with Crippen molar-refractivity contribution in [1.29, 1.82) is 0 Å². The molecule has 7 heteroatoms. The second kappa shape index (κ2) is 8.57. The number of hydrogen-bond acceptors (Lipinski definition) is 4. The molecule has 2 aromatic rings. The zero-order chi connectivity index (χ0) is 17.5. The van der Waals surface area contributed by atoms with E-state index < -0.39 is 5.97 Å². The molecule has 0 unspecified atom stereocenters. The van der Waals surface area contributed by atoms with Gasteiger partial charge in [-0.15, -0.1) is 0 Å². The van der Waals surface area contributed by atoms with Crippen molar-refractivity contribution in [2.45, 2.75) is 6.42 Å². The van der Waals surface area contributed by atoms with Crippen molar-refractivity contribution < 1.29 is 19.1 Å². The molecule has 1 amide bonds. The Bertz CT molecular complexity index is 749. The molecule has 0 saturated heterocycles. The van der Waals surface area contributed by atoms with Crippen molar-refractivity contribution in [1.82, 2.24) is 0 Å². The molecule has 0 aliphatic heterocycles. The fraction of sp³-hybridized carbons (Fsp3) is 0.176. The smallest absolute Gasteiger partial charge is 0.339 e. The minimum absolute atomic E-state index is 0.126. The first kappa shape index (κ1) is 18.1. The van der Waals surface area contributed by atoms with Crippen LogP contribution in [-0.4, -0.2) is 25.6 Å². The Morgan fingerprint density at radius 2 is 1.83 bits per heavy atom. The van der Waals surface area contributed by atoms with Crippen molar-refractivity contribution in [3.05, 3.63) is 58.1 Å². The van der Waals surface area contributed by atoms with Gasteiger partial charge in [-0.3, -0.25) is 4.79 Å². The molecule has 0 aliphatic rings. The predicted octanol–water partition coefficient (Wildman–Crippen LogP) is 4.19. The number of ether oxygens (including phenoxy) is 2. The highest BCUT2D eigenvalue weighted by molar-refractivity contribution is 6.33. The Balaban J connectivity index is 1.91. The van der Waals surface area contributed by atoms with E-state index in [0.29, 0.717) is 16.5 Å². The lowest BCUT2D eigenvalue weighted by Crippen LogP contribution is -2.15. The summed E-state index contributed by atoms with van der Waals surface area (Å²) in [4.78, 5) is 23.5. The molecule has 0 aliphatic carbocycles. The molecule has 126 valence electrons. The van der Waals surface area contributed by atoms with E-state index in [1.807, 2.05) is 0 Å². The molecule has 0 saturated carbocycles. The van der Waals surface area contributed by atoms with Gasteiger partial charge < -0.3 is 14.8 Å². The highest BCUT2D eigenvalue weighted by Crippen LogP contribution is 2.23. The fourth-order valence-electron chi connectivity index (χ4n) is 1.91. The van der Waals surface area contributed by atoms with Gasteiger partial charge in [-0.2, -0.15) is 0 Å². The number of benzene rings is 2. The highest BCUT2D eigenvalue weighted by Gasteiger charge is 2.12. The van der Waals surface area contributed by atoms with Gasteiger partial charge in [-0.05, 0) is 30.3 Å². The fourth-order valence-corrected chi connectivity index (χ4v) is 2.29. The van der Waals surface area contributed by atoms with Crippen LogP contribution in [0.2, 0.25) is 10.0 Å². The van der Waals surface area contributed by atoms with Gasteiger partial charge in [-0.1, -0.05) is 35.3 Å². The van der Waals surface area contributed by atoms with E-state index in [1.54, 1.807) is 30.3 Å². The summed E-state index contributed by atoms with van der Waals surface area (Å²) >= 11 is 11.9. The largest absolute Gasteiger partial charge is 0.491 e. The molecule has 2 rings (SSSR count). The average molecular weight is 368 g/mol. The second-order valence-electron chi connectivity index (χ2n) is 4.76. The number of rotatable bonds is 6. The van der Waals surface area contributed by atoms with Gasteiger partial charge >= 0.3 is 5.97 Å². The molecule has 0 aromatic heterocycles. The number of anilines is 1. The van der Waals surface area contributed by atoms with E-state index >= 15 is 0 Å². The van der Waals surface area contributed by atoms with Crippen LogP contribution in [-0.2, 0) is 9.53 Å². The number of carbonyl (C=O) groups is 2. The van der Waals surface area contributed by atoms with Crippen LogP contribution in [0.25, 0.3) is 0 Å². The Kier molecular flexibility index (Phi) is 6.46. The van der Waals surface area contributed by atoms with Gasteiger partial charge in [0.15, 0.2) is 0 Å². The molecule has 1 N–H and O–H groups in total. The van der Waals surface area contributed by atoms with Crippen molar-refractivity contribution in [2.24, 2.45) is 0 Å². The summed E-state index contributed by atoms with van der Waals surface area (Å²) in [6.07, 6.45) is 0.126. The summed E-state index contributed by atoms with van der Waals surface area (Å²) in [5, 5.41) is 3.41. The van der Waals surface area contributed by atoms with Crippen LogP contribution in [0.1, 0.15) is 16.8 Å². The van der Waals surface area contributed by atoms with Crippen molar-refractivity contribution in [3.63, 3.8) is 0 Å². The van der Waals surface area contributed by atoms with E-state index in [0.717, 1.165) is 0 Å². The SMILES string of the molecule is COC(=O)c1cc(NC(=O)CCOc2ccccc2Cl)ccc1Cl. The maximum Gasteiger partial charge on any atom is 0.339 e. The molecule has 5 nitrogen and oxygen atoms in total. The van der Waals surface area contributed by atoms with Crippen molar-refractivity contribution in [2.75, 3.05) is 19.0 Å². The molecule has 0 atom stereocenters. The number of methoxy groups -OCH3 is 1. The van der Waals surface area contributed by atoms with Gasteiger partial charge in [0.05, 0.1) is 35.7 Å². The molecule has 0 radical (unpaired) electrons. The molecule has 2 aromatic carbocycles. The highest BCUT2D eigenvalue weighted by atomic mass is 35.5. The van der Waals surface area contributed by atoms with E-state index in [9.17, 15) is 9.59 Å². The number of halogens is 2. The molecule has 0 spiro atoms. The average Bonchev–Trinajstić information content (AvgIpc) is 2.57. The van der Waals surface area contributed by atoms with E-state index in [2.05, 4.69) is 10.1 Å². The Morgan fingerprint density at radius 1 is 1.08 bits per heavy atom. The summed E-state index contributed by atoms with van der Waals surface area (Å²) in [5.41, 5.74) is 0.631. The normalized spacial score (nSPS) is 10.1. The Labute approximate surface area is 149 Å². The minimum Gasteiger partial charge on any atom is -0.491 e. The van der Waals surface area contributed by atoms with Crippen LogP contribution in [0.3, 0.4) is 0 Å². The lowest BCUT2D eigenvalue weighted by molar-refractivity contribution is -0.116. The first-order chi connectivity index (χ1) is 11.5. The van der Waals surface area contributed by atoms with E-state index in [4.69, 9.17) is 27.9 Å². The van der Waals surface area contributed by atoms with Crippen LogP contribution < -0.4 is 10.1 Å². The van der Waals surface area contributed by atoms with Gasteiger partial charge in [-0.25, -0.2) is 4.79 Å². The maximum absolute atomic E-state index is 11.9. The van der Waals surface area contributed by atoms with Gasteiger partial charge in [0, 0.05) is 5.69 Å². The van der Waals surface area contributed by atoms with Gasteiger partial charge in [0.2, 0.25) is 5.91 Å². The third-order valence-corrected chi connectivity index (χ3v) is 3.72. The van der Waals surface area contributed by atoms with Crippen LogP contribution in [0.4, 0.5) is 5.69 Å². The Hall–Kier alpha value is -2.24. The van der Waals surface area contributed by atoms with E-state index in [-0.39, 0.29) is 29.5 Å². The molecular formula is C17H15Cl2NO4. The molecule has 0 fully saturated rings. The van der Waals surface area contributed by atoms with Crippen LogP contribution in [0.5, 0.6) is 5.75 Å². The summed E-state index contributed by atoms with van der Waals surface area (Å²) < 4.78 is 10.1. The second-order valence-corrected chi connectivity index (χ2v) is 5.58. The lowest BCUT2D eigenvalue weighted by atomic mass is 10.2. The monoisotopic (exact) mass is 367 g/mol. The maximum atomic E-state index is 11.9. The molecule has 24 heavy (non-hydrogen) atoms. The number of amides is 1. The number of carbonyl (C=O) groups excluding carboxylic acids is 2. The van der Waals surface area contributed by atoms with Crippen LogP contribution in [0.15, 0.2) is 42.5 Å². The summed E-state index contributed by atoms with van der Waals surface area (Å²) in [7, 11) is 1.26. The summed E-state index contributed by atoms with van der Waals surface area (Å²) in [6.45, 7) is 0.174. The Morgan fingerprint density at radius 3 is 2.54 bits per heavy atom. The molecule has 0 bridgehead atoms. The van der Waals surface area contributed by atoms with Crippen molar-refractivity contribution >= 4 is 40.8 Å². The van der Waals surface area contributed by atoms with E-state index in [1.165, 1.54) is 19.2 Å². The minimum atomic E-state index is -0.571. The van der Waals surface area contributed by atoms with Crippen LogP contribution in [0, 0.1) is 0 Å². The first-order valence-corrected chi connectivity index (χ1v) is 7.82. The number of para-hydroxylation sites is 1.